The average molecular weight is 346 g/mol. The van der Waals surface area contributed by atoms with Gasteiger partial charge in [0.1, 0.15) is 0 Å². The molecule has 0 radical (unpaired) electrons. The van der Waals surface area contributed by atoms with Crippen LogP contribution in [0, 0.1) is 0 Å². The molecule has 0 saturated carbocycles. The molecule has 1 amide bonds. The van der Waals surface area contributed by atoms with Crippen molar-refractivity contribution in [3.05, 3.63) is 77.3 Å². The highest BCUT2D eigenvalue weighted by Crippen LogP contribution is 2.31. The summed E-state index contributed by atoms with van der Waals surface area (Å²) in [5, 5.41) is 8.76. The van der Waals surface area contributed by atoms with Gasteiger partial charge in [0.05, 0.1) is 22.6 Å². The Bertz CT molecular complexity index is 962. The number of aliphatic imine (C=N–C) groups is 1. The zero-order valence-electron chi connectivity index (χ0n) is 13.1. The number of fused-ring (bicyclic) bond motifs is 1. The molecule has 0 fully saturated rings. The third-order valence-electron chi connectivity index (χ3n) is 3.73. The number of anilines is 2. The molecule has 0 unspecified atom stereocenters. The van der Waals surface area contributed by atoms with Crippen LogP contribution in [-0.2, 0) is 4.79 Å². The number of nitrogens with one attached hydrogen (secondary N) is 2. The SMILES string of the molecule is O=C1Nc2ccccc2NC(c2ccccc2)=C1/C=N/c1nccs1. The van der Waals surface area contributed by atoms with Crippen molar-refractivity contribution in [1.29, 1.82) is 0 Å². The van der Waals surface area contributed by atoms with E-state index in [2.05, 4.69) is 20.6 Å². The van der Waals surface area contributed by atoms with E-state index in [1.54, 1.807) is 12.4 Å². The van der Waals surface area contributed by atoms with Crippen LogP contribution < -0.4 is 10.6 Å². The van der Waals surface area contributed by atoms with Gasteiger partial charge in [-0.3, -0.25) is 4.79 Å². The predicted molar refractivity (Wildman–Crippen MR) is 102 cm³/mol. The molecule has 1 aliphatic rings. The Kier molecular flexibility index (Phi) is 4.10. The monoisotopic (exact) mass is 346 g/mol. The highest BCUT2D eigenvalue weighted by Gasteiger charge is 2.21. The van der Waals surface area contributed by atoms with E-state index in [0.717, 1.165) is 16.9 Å². The minimum atomic E-state index is -0.211. The van der Waals surface area contributed by atoms with Crippen LogP contribution in [0.3, 0.4) is 0 Å². The maximum absolute atomic E-state index is 12.8. The van der Waals surface area contributed by atoms with Gasteiger partial charge in [0.2, 0.25) is 5.13 Å². The lowest BCUT2D eigenvalue weighted by Gasteiger charge is -2.12. The van der Waals surface area contributed by atoms with E-state index >= 15 is 0 Å². The fraction of sp³-hybridized carbons (Fsp3) is 0. The van der Waals surface area contributed by atoms with E-state index in [1.165, 1.54) is 11.3 Å². The van der Waals surface area contributed by atoms with Crippen LogP contribution in [-0.4, -0.2) is 17.1 Å². The van der Waals surface area contributed by atoms with Gasteiger partial charge in [0, 0.05) is 17.8 Å². The van der Waals surface area contributed by atoms with Gasteiger partial charge in [-0.15, -0.1) is 11.3 Å². The Balaban J connectivity index is 1.84. The van der Waals surface area contributed by atoms with Crippen molar-refractivity contribution in [2.24, 2.45) is 4.99 Å². The number of rotatable bonds is 3. The van der Waals surface area contributed by atoms with Crippen LogP contribution >= 0.6 is 11.3 Å². The summed E-state index contributed by atoms with van der Waals surface area (Å²) < 4.78 is 0. The number of thiazole rings is 1. The second-order valence-corrected chi connectivity index (χ2v) is 6.23. The lowest BCUT2D eigenvalue weighted by atomic mass is 10.1. The van der Waals surface area contributed by atoms with Gasteiger partial charge in [0.15, 0.2) is 0 Å². The van der Waals surface area contributed by atoms with Crippen molar-refractivity contribution in [3.8, 4) is 0 Å². The molecule has 1 aromatic heterocycles. The maximum atomic E-state index is 12.8. The topological polar surface area (TPSA) is 66.4 Å². The lowest BCUT2D eigenvalue weighted by Crippen LogP contribution is -2.15. The molecular formula is C19H14N4OS. The summed E-state index contributed by atoms with van der Waals surface area (Å²) >= 11 is 1.42. The van der Waals surface area contributed by atoms with Gasteiger partial charge in [-0.1, -0.05) is 42.5 Å². The van der Waals surface area contributed by atoms with Gasteiger partial charge in [-0.25, -0.2) is 9.98 Å². The fourth-order valence-corrected chi connectivity index (χ4v) is 3.04. The van der Waals surface area contributed by atoms with Gasteiger partial charge >= 0.3 is 0 Å². The molecule has 0 bridgehead atoms. The standard InChI is InChI=1S/C19H14N4OS/c24-18-14(12-21-19-20-10-11-25-19)17(13-6-2-1-3-7-13)22-15-8-4-5-9-16(15)23-18/h1-12,22H,(H,23,24)/b21-12+. The second kappa shape index (κ2) is 6.70. The Hall–Kier alpha value is -3.25. The summed E-state index contributed by atoms with van der Waals surface area (Å²) in [5.41, 5.74) is 3.65. The number of benzene rings is 2. The number of amides is 1. The Labute approximate surface area is 148 Å². The van der Waals surface area contributed by atoms with E-state index in [4.69, 9.17) is 0 Å². The largest absolute Gasteiger partial charge is 0.353 e. The number of aromatic nitrogens is 1. The molecule has 2 N–H and O–H groups in total. The third kappa shape index (κ3) is 3.20. The molecule has 3 aromatic rings. The highest BCUT2D eigenvalue weighted by atomic mass is 32.1. The zero-order chi connectivity index (χ0) is 17.1. The summed E-state index contributed by atoms with van der Waals surface area (Å²) in [6.07, 6.45) is 3.25. The van der Waals surface area contributed by atoms with Crippen molar-refractivity contribution < 1.29 is 4.79 Å². The first kappa shape index (κ1) is 15.3. The van der Waals surface area contributed by atoms with Crippen molar-refractivity contribution >= 4 is 45.7 Å². The molecule has 1 aliphatic heterocycles. The highest BCUT2D eigenvalue weighted by molar-refractivity contribution is 7.13. The predicted octanol–water partition coefficient (Wildman–Crippen LogP) is 4.32. The van der Waals surface area contributed by atoms with E-state index < -0.39 is 0 Å². The van der Waals surface area contributed by atoms with Crippen molar-refractivity contribution in [2.45, 2.75) is 0 Å². The van der Waals surface area contributed by atoms with Crippen LogP contribution in [0.2, 0.25) is 0 Å². The zero-order valence-corrected chi connectivity index (χ0v) is 14.0. The minimum absolute atomic E-state index is 0.211. The molecule has 0 spiro atoms. The molecule has 2 heterocycles. The van der Waals surface area contributed by atoms with Gasteiger partial charge in [-0.05, 0) is 17.7 Å². The molecule has 0 atom stereocenters. The first-order valence-electron chi connectivity index (χ1n) is 7.72. The van der Waals surface area contributed by atoms with Gasteiger partial charge in [0.25, 0.3) is 5.91 Å². The molecule has 25 heavy (non-hydrogen) atoms. The number of hydrogen-bond donors (Lipinski definition) is 2. The second-order valence-electron chi connectivity index (χ2n) is 5.35. The van der Waals surface area contributed by atoms with Crippen molar-refractivity contribution in [1.82, 2.24) is 4.98 Å². The van der Waals surface area contributed by atoms with E-state index in [0.29, 0.717) is 16.4 Å². The Morgan fingerprint density at radius 1 is 0.960 bits per heavy atom. The van der Waals surface area contributed by atoms with Crippen LogP contribution in [0.4, 0.5) is 16.5 Å². The summed E-state index contributed by atoms with van der Waals surface area (Å²) in [6, 6.07) is 17.3. The minimum Gasteiger partial charge on any atom is -0.353 e. The third-order valence-corrected chi connectivity index (χ3v) is 4.41. The lowest BCUT2D eigenvalue weighted by molar-refractivity contribution is -0.112. The van der Waals surface area contributed by atoms with Crippen LogP contribution in [0.25, 0.3) is 5.70 Å². The molecular weight excluding hydrogens is 332 g/mol. The smallest absolute Gasteiger partial charge is 0.259 e. The normalized spacial score (nSPS) is 14.0. The average Bonchev–Trinajstić information content (AvgIpc) is 3.11. The molecule has 122 valence electrons. The van der Waals surface area contributed by atoms with Crippen molar-refractivity contribution in [2.75, 3.05) is 10.6 Å². The van der Waals surface area contributed by atoms with Crippen LogP contribution in [0.5, 0.6) is 0 Å². The van der Waals surface area contributed by atoms with E-state index in [9.17, 15) is 4.79 Å². The maximum Gasteiger partial charge on any atom is 0.259 e. The Morgan fingerprint density at radius 2 is 1.68 bits per heavy atom. The number of carbonyl (C=O) groups is 1. The molecule has 5 nitrogen and oxygen atoms in total. The Morgan fingerprint density at radius 3 is 2.40 bits per heavy atom. The molecule has 0 saturated heterocycles. The van der Waals surface area contributed by atoms with Crippen molar-refractivity contribution in [3.63, 3.8) is 0 Å². The molecule has 2 aromatic carbocycles. The first-order chi connectivity index (χ1) is 12.3. The molecule has 6 heteroatoms. The summed E-state index contributed by atoms with van der Waals surface area (Å²) in [6.45, 7) is 0. The number of carbonyl (C=O) groups excluding carboxylic acids is 1. The van der Waals surface area contributed by atoms with E-state index in [-0.39, 0.29) is 5.91 Å². The molecule has 4 rings (SSSR count). The summed E-state index contributed by atoms with van der Waals surface area (Å²) in [7, 11) is 0. The number of nitrogens with zero attached hydrogens (tertiary/aromatic N) is 2. The first-order valence-corrected chi connectivity index (χ1v) is 8.60. The van der Waals surface area contributed by atoms with Gasteiger partial charge < -0.3 is 10.6 Å². The number of hydrogen-bond acceptors (Lipinski definition) is 5. The quantitative estimate of drug-likeness (QED) is 0.694. The van der Waals surface area contributed by atoms with Crippen LogP contribution in [0.15, 0.2) is 76.7 Å². The van der Waals surface area contributed by atoms with E-state index in [1.807, 2.05) is 60.0 Å². The van der Waals surface area contributed by atoms with Gasteiger partial charge in [-0.2, -0.15) is 0 Å². The number of para-hydroxylation sites is 2. The summed E-state index contributed by atoms with van der Waals surface area (Å²) in [4.78, 5) is 21.3. The molecule has 0 aliphatic carbocycles. The fourth-order valence-electron chi connectivity index (χ4n) is 2.56. The van der Waals surface area contributed by atoms with Crippen LogP contribution in [0.1, 0.15) is 5.56 Å². The summed E-state index contributed by atoms with van der Waals surface area (Å²) in [5.74, 6) is -0.211.